The lowest BCUT2D eigenvalue weighted by molar-refractivity contribution is -0.136. The van der Waals surface area contributed by atoms with E-state index < -0.39 is 11.5 Å². The van der Waals surface area contributed by atoms with Crippen LogP contribution in [0.2, 0.25) is 0 Å². The summed E-state index contributed by atoms with van der Waals surface area (Å²) in [5.41, 5.74) is 1.43. The quantitative estimate of drug-likeness (QED) is 0.510. The first-order chi connectivity index (χ1) is 12.1. The van der Waals surface area contributed by atoms with E-state index in [4.69, 9.17) is 4.42 Å². The van der Waals surface area contributed by atoms with Gasteiger partial charge in [-0.05, 0) is 39.2 Å². The first-order valence-electron chi connectivity index (χ1n) is 7.53. The molecule has 1 aromatic heterocycles. The third kappa shape index (κ3) is 3.70. The molecule has 2 N–H and O–H groups in total. The maximum absolute atomic E-state index is 12.7. The van der Waals surface area contributed by atoms with Crippen LogP contribution in [0, 0.1) is 0 Å². The highest BCUT2D eigenvalue weighted by Crippen LogP contribution is 2.29. The summed E-state index contributed by atoms with van der Waals surface area (Å²) in [6.45, 7) is 0. The molecule has 3 rings (SSSR count). The first-order valence-corrected chi connectivity index (χ1v) is 8.32. The van der Waals surface area contributed by atoms with Gasteiger partial charge in [0.1, 0.15) is 5.76 Å². The summed E-state index contributed by atoms with van der Waals surface area (Å²) >= 11 is 3.19. The fourth-order valence-corrected chi connectivity index (χ4v) is 2.74. The third-order valence-electron chi connectivity index (χ3n) is 3.66. The van der Waals surface area contributed by atoms with Gasteiger partial charge < -0.3 is 9.52 Å². The van der Waals surface area contributed by atoms with E-state index in [0.29, 0.717) is 21.6 Å². The number of carbonyl (C=O) groups excluding carboxylic acids is 1. The number of rotatable bonds is 5. The molecule has 5 nitrogen and oxygen atoms in total. The van der Waals surface area contributed by atoms with Crippen LogP contribution < -0.4 is 5.43 Å². The van der Waals surface area contributed by atoms with Crippen molar-refractivity contribution in [3.05, 3.63) is 94.4 Å². The van der Waals surface area contributed by atoms with Crippen molar-refractivity contribution in [3.63, 3.8) is 0 Å². The molecule has 0 saturated heterocycles. The van der Waals surface area contributed by atoms with E-state index in [2.05, 4.69) is 26.5 Å². The van der Waals surface area contributed by atoms with Gasteiger partial charge >= 0.3 is 0 Å². The first kappa shape index (κ1) is 17.1. The van der Waals surface area contributed by atoms with Crippen LogP contribution in [0.25, 0.3) is 0 Å². The molecule has 0 fully saturated rings. The average Bonchev–Trinajstić information content (AvgIpc) is 3.07. The van der Waals surface area contributed by atoms with Crippen molar-refractivity contribution in [2.45, 2.75) is 5.60 Å². The van der Waals surface area contributed by atoms with E-state index in [9.17, 15) is 9.90 Å². The van der Waals surface area contributed by atoms with E-state index in [1.54, 1.807) is 60.7 Å². The molecule has 0 radical (unpaired) electrons. The van der Waals surface area contributed by atoms with Gasteiger partial charge in [-0.2, -0.15) is 5.10 Å². The van der Waals surface area contributed by atoms with Crippen LogP contribution in [0.1, 0.15) is 16.9 Å². The summed E-state index contributed by atoms with van der Waals surface area (Å²) in [4.78, 5) is 12.7. The van der Waals surface area contributed by atoms with Crippen LogP contribution in [0.4, 0.5) is 0 Å². The number of halogens is 1. The number of aliphatic hydroxyl groups is 1. The molecular weight excluding hydrogens is 384 g/mol. The van der Waals surface area contributed by atoms with Crippen molar-refractivity contribution >= 4 is 28.1 Å². The van der Waals surface area contributed by atoms with Crippen molar-refractivity contribution in [3.8, 4) is 0 Å². The minimum Gasteiger partial charge on any atom is -0.448 e. The molecule has 0 unspecified atom stereocenters. The lowest BCUT2D eigenvalue weighted by Crippen LogP contribution is -2.43. The lowest BCUT2D eigenvalue weighted by atomic mass is 9.85. The zero-order chi connectivity index (χ0) is 17.7. The molecule has 0 spiro atoms. The Morgan fingerprint density at radius 1 is 1.00 bits per heavy atom. The number of nitrogens with one attached hydrogen (secondary N) is 1. The SMILES string of the molecule is O=C(N/N=C/c1ccc(Br)o1)C(O)(c1ccccc1)c1ccccc1. The highest BCUT2D eigenvalue weighted by atomic mass is 79.9. The molecule has 126 valence electrons. The van der Waals surface area contributed by atoms with Gasteiger partial charge in [0.2, 0.25) is 0 Å². The van der Waals surface area contributed by atoms with Gasteiger partial charge in [-0.3, -0.25) is 4.79 Å². The van der Waals surface area contributed by atoms with E-state index in [1.165, 1.54) is 6.21 Å². The maximum Gasteiger partial charge on any atom is 0.281 e. The van der Waals surface area contributed by atoms with Crippen LogP contribution in [-0.2, 0) is 10.4 Å². The van der Waals surface area contributed by atoms with E-state index in [-0.39, 0.29) is 0 Å². The monoisotopic (exact) mass is 398 g/mol. The summed E-state index contributed by atoms with van der Waals surface area (Å²) in [5.74, 6) is -0.193. The minimum atomic E-state index is -1.86. The molecule has 0 aliphatic carbocycles. The molecule has 25 heavy (non-hydrogen) atoms. The average molecular weight is 399 g/mol. The third-order valence-corrected chi connectivity index (χ3v) is 4.09. The Morgan fingerprint density at radius 2 is 1.56 bits per heavy atom. The zero-order valence-corrected chi connectivity index (χ0v) is 14.7. The summed E-state index contributed by atoms with van der Waals surface area (Å²) in [7, 11) is 0. The predicted molar refractivity (Wildman–Crippen MR) is 98.0 cm³/mol. The fraction of sp³-hybridized carbons (Fsp3) is 0.0526. The molecule has 0 saturated carbocycles. The second-order valence-corrected chi connectivity index (χ2v) is 6.07. The van der Waals surface area contributed by atoms with Crippen LogP contribution in [-0.4, -0.2) is 17.2 Å². The summed E-state index contributed by atoms with van der Waals surface area (Å²) in [6.07, 6.45) is 1.36. The van der Waals surface area contributed by atoms with Crippen molar-refractivity contribution in [1.82, 2.24) is 5.43 Å². The van der Waals surface area contributed by atoms with Gasteiger partial charge in [0, 0.05) is 0 Å². The van der Waals surface area contributed by atoms with Gasteiger partial charge in [-0.25, -0.2) is 5.43 Å². The van der Waals surface area contributed by atoms with Crippen molar-refractivity contribution in [2.75, 3.05) is 0 Å². The van der Waals surface area contributed by atoms with Gasteiger partial charge in [-0.1, -0.05) is 60.7 Å². The molecule has 2 aromatic carbocycles. The second-order valence-electron chi connectivity index (χ2n) is 5.28. The molecule has 0 atom stereocenters. The van der Waals surface area contributed by atoms with E-state index in [1.807, 2.05) is 12.1 Å². The Labute approximate surface area is 153 Å². The Balaban J connectivity index is 1.89. The molecule has 1 amide bonds. The standard InChI is InChI=1S/C19H15BrN2O3/c20-17-12-11-16(25-17)13-21-22-18(23)19(24,14-7-3-1-4-8-14)15-9-5-2-6-10-15/h1-13,24H,(H,22,23)/b21-13+. The largest absolute Gasteiger partial charge is 0.448 e. The van der Waals surface area contributed by atoms with Gasteiger partial charge in [0.05, 0.1) is 6.21 Å². The number of benzene rings is 2. The fourth-order valence-electron chi connectivity index (χ4n) is 2.42. The summed E-state index contributed by atoms with van der Waals surface area (Å²) < 4.78 is 5.83. The van der Waals surface area contributed by atoms with Crippen molar-refractivity contribution < 1.29 is 14.3 Å². The Bertz CT molecular complexity index is 836. The highest BCUT2D eigenvalue weighted by Gasteiger charge is 2.39. The number of carbonyl (C=O) groups is 1. The zero-order valence-electron chi connectivity index (χ0n) is 13.1. The topological polar surface area (TPSA) is 74.8 Å². The van der Waals surface area contributed by atoms with Crippen LogP contribution in [0.5, 0.6) is 0 Å². The van der Waals surface area contributed by atoms with Gasteiger partial charge in [0.25, 0.3) is 5.91 Å². The summed E-state index contributed by atoms with van der Waals surface area (Å²) in [6, 6.07) is 20.9. The van der Waals surface area contributed by atoms with Crippen LogP contribution in [0.3, 0.4) is 0 Å². The number of amides is 1. The Hall–Kier alpha value is -2.70. The second kappa shape index (κ2) is 7.46. The normalized spacial score (nSPS) is 11.6. The minimum absolute atomic E-state index is 0.453. The smallest absolute Gasteiger partial charge is 0.281 e. The molecule has 6 heteroatoms. The predicted octanol–water partition coefficient (Wildman–Crippen LogP) is 3.43. The van der Waals surface area contributed by atoms with Crippen LogP contribution in [0.15, 0.2) is 87.0 Å². The number of hydrazone groups is 1. The summed E-state index contributed by atoms with van der Waals surface area (Å²) in [5, 5.41) is 15.1. The van der Waals surface area contributed by atoms with Crippen molar-refractivity contribution in [2.24, 2.45) is 5.10 Å². The Kier molecular flexibility index (Phi) is 5.11. The lowest BCUT2D eigenvalue weighted by Gasteiger charge is -2.26. The number of hydrogen-bond acceptors (Lipinski definition) is 4. The number of hydrogen-bond donors (Lipinski definition) is 2. The maximum atomic E-state index is 12.7. The van der Waals surface area contributed by atoms with E-state index >= 15 is 0 Å². The highest BCUT2D eigenvalue weighted by molar-refractivity contribution is 9.10. The van der Waals surface area contributed by atoms with Crippen molar-refractivity contribution in [1.29, 1.82) is 0 Å². The number of furan rings is 1. The van der Waals surface area contributed by atoms with Gasteiger partial charge in [-0.15, -0.1) is 0 Å². The van der Waals surface area contributed by atoms with Gasteiger partial charge in [0.15, 0.2) is 10.3 Å². The molecular formula is C19H15BrN2O3. The van der Waals surface area contributed by atoms with Crippen LogP contribution >= 0.6 is 15.9 Å². The number of nitrogens with zero attached hydrogens (tertiary/aromatic N) is 1. The van der Waals surface area contributed by atoms with E-state index in [0.717, 1.165) is 0 Å². The molecule has 0 aliphatic heterocycles. The Morgan fingerprint density at radius 3 is 2.04 bits per heavy atom. The molecule has 0 aliphatic rings. The molecule has 1 heterocycles. The molecule has 3 aromatic rings. The molecule has 0 bridgehead atoms.